The highest BCUT2D eigenvalue weighted by molar-refractivity contribution is 5.95. The third kappa shape index (κ3) is 3.65. The van der Waals surface area contributed by atoms with Crippen LogP contribution in [-0.4, -0.2) is 38.4 Å². The Labute approximate surface area is 169 Å². The van der Waals surface area contributed by atoms with Crippen molar-refractivity contribution in [3.05, 3.63) is 54.0 Å². The number of pyridine rings is 1. The van der Waals surface area contributed by atoms with Crippen molar-refractivity contribution in [1.82, 2.24) is 19.7 Å². The lowest BCUT2D eigenvalue weighted by molar-refractivity contribution is -0.124. The number of carbonyl (C=O) groups is 1. The second-order valence-electron chi connectivity index (χ2n) is 7.69. The molecule has 2 aliphatic rings. The van der Waals surface area contributed by atoms with Crippen molar-refractivity contribution >= 4 is 11.6 Å². The maximum absolute atomic E-state index is 12.5. The zero-order chi connectivity index (χ0) is 19.8. The Bertz CT molecular complexity index is 1040. The molecule has 0 spiro atoms. The van der Waals surface area contributed by atoms with Crippen LogP contribution in [0.3, 0.4) is 0 Å². The van der Waals surface area contributed by atoms with Crippen LogP contribution in [0.5, 0.6) is 0 Å². The zero-order valence-corrected chi connectivity index (χ0v) is 16.3. The summed E-state index contributed by atoms with van der Waals surface area (Å²) in [6, 6.07) is 11.7. The summed E-state index contributed by atoms with van der Waals surface area (Å²) in [6.45, 7) is 2.63. The van der Waals surface area contributed by atoms with Gasteiger partial charge in [0.05, 0.1) is 0 Å². The topological polar surface area (TPSA) is 81.9 Å². The first-order chi connectivity index (χ1) is 14.2. The standard InChI is InChI=1S/C22H23N5O2/c1-14-7-8-16(13-17(14)24-22(28)18-5-4-12-29-18)21-25-20(15-9-10-15)26-27(21)19-6-2-3-11-23-19/h2-3,6-8,11,13,15,18H,4-5,9-10,12H2,1H3,(H,24,28)/t18-/m1/s1. The van der Waals surface area contributed by atoms with Crippen LogP contribution in [0.25, 0.3) is 17.2 Å². The number of hydrogen-bond donors (Lipinski definition) is 1. The molecule has 1 saturated carbocycles. The number of nitrogens with zero attached hydrogens (tertiary/aromatic N) is 4. The minimum absolute atomic E-state index is 0.0902. The predicted molar refractivity (Wildman–Crippen MR) is 109 cm³/mol. The molecule has 1 aromatic carbocycles. The number of rotatable bonds is 5. The van der Waals surface area contributed by atoms with Crippen LogP contribution in [0, 0.1) is 6.92 Å². The summed E-state index contributed by atoms with van der Waals surface area (Å²) in [5.74, 6) is 2.66. The van der Waals surface area contributed by atoms with E-state index in [1.807, 2.05) is 43.3 Å². The maximum Gasteiger partial charge on any atom is 0.253 e. The summed E-state index contributed by atoms with van der Waals surface area (Å²) in [5, 5.41) is 7.76. The van der Waals surface area contributed by atoms with Gasteiger partial charge in [-0.05, 0) is 56.4 Å². The number of amides is 1. The van der Waals surface area contributed by atoms with Crippen LogP contribution < -0.4 is 5.32 Å². The lowest BCUT2D eigenvalue weighted by atomic mass is 10.1. The van der Waals surface area contributed by atoms with E-state index in [1.165, 1.54) is 0 Å². The van der Waals surface area contributed by atoms with Gasteiger partial charge in [-0.25, -0.2) is 9.97 Å². The third-order valence-corrected chi connectivity index (χ3v) is 5.41. The minimum atomic E-state index is -0.364. The Hall–Kier alpha value is -3.06. The van der Waals surface area contributed by atoms with Gasteiger partial charge in [0.1, 0.15) is 6.10 Å². The molecular formula is C22H23N5O2. The van der Waals surface area contributed by atoms with Gasteiger partial charge in [-0.15, -0.1) is 5.10 Å². The molecule has 3 heterocycles. The maximum atomic E-state index is 12.5. The summed E-state index contributed by atoms with van der Waals surface area (Å²) >= 11 is 0. The average molecular weight is 389 g/mol. The van der Waals surface area contributed by atoms with Gasteiger partial charge >= 0.3 is 0 Å². The Morgan fingerprint density at radius 2 is 2.10 bits per heavy atom. The fourth-order valence-corrected chi connectivity index (χ4v) is 3.56. The molecule has 0 unspecified atom stereocenters. The first-order valence-electron chi connectivity index (χ1n) is 10.1. The van der Waals surface area contributed by atoms with Gasteiger partial charge in [0.15, 0.2) is 17.5 Å². The second-order valence-corrected chi connectivity index (χ2v) is 7.69. The lowest BCUT2D eigenvalue weighted by Crippen LogP contribution is -2.27. The van der Waals surface area contributed by atoms with E-state index in [0.717, 1.165) is 60.0 Å². The average Bonchev–Trinajstić information content (AvgIpc) is 3.27. The van der Waals surface area contributed by atoms with Crippen LogP contribution >= 0.6 is 0 Å². The monoisotopic (exact) mass is 389 g/mol. The smallest absolute Gasteiger partial charge is 0.253 e. The molecule has 1 aliphatic heterocycles. The molecule has 2 fully saturated rings. The number of nitrogens with one attached hydrogen (secondary N) is 1. The quantitative estimate of drug-likeness (QED) is 0.721. The number of benzene rings is 1. The van der Waals surface area contributed by atoms with Crippen LogP contribution in [0.15, 0.2) is 42.6 Å². The summed E-state index contributed by atoms with van der Waals surface area (Å²) in [5.41, 5.74) is 2.65. The Morgan fingerprint density at radius 3 is 2.83 bits per heavy atom. The van der Waals surface area contributed by atoms with Gasteiger partial charge in [-0.3, -0.25) is 4.79 Å². The molecule has 148 valence electrons. The molecule has 7 nitrogen and oxygen atoms in total. The van der Waals surface area contributed by atoms with E-state index in [1.54, 1.807) is 10.9 Å². The number of carbonyl (C=O) groups excluding carboxylic acids is 1. The van der Waals surface area contributed by atoms with E-state index >= 15 is 0 Å². The van der Waals surface area contributed by atoms with Gasteiger partial charge in [0.2, 0.25) is 0 Å². The molecule has 0 bridgehead atoms. The van der Waals surface area contributed by atoms with Crippen molar-refractivity contribution < 1.29 is 9.53 Å². The van der Waals surface area contributed by atoms with Crippen LogP contribution in [0.4, 0.5) is 5.69 Å². The molecular weight excluding hydrogens is 366 g/mol. The van der Waals surface area contributed by atoms with Crippen LogP contribution in [0.2, 0.25) is 0 Å². The number of hydrogen-bond acceptors (Lipinski definition) is 5. The largest absolute Gasteiger partial charge is 0.368 e. The predicted octanol–water partition coefficient (Wildman–Crippen LogP) is 3.63. The van der Waals surface area contributed by atoms with E-state index in [9.17, 15) is 4.79 Å². The number of ether oxygens (including phenoxy) is 1. The number of aryl methyl sites for hydroxylation is 1. The van der Waals surface area contributed by atoms with E-state index in [4.69, 9.17) is 14.8 Å². The molecule has 29 heavy (non-hydrogen) atoms. The highest BCUT2D eigenvalue weighted by Crippen LogP contribution is 2.39. The zero-order valence-electron chi connectivity index (χ0n) is 16.3. The van der Waals surface area contributed by atoms with Gasteiger partial charge < -0.3 is 10.1 Å². The van der Waals surface area contributed by atoms with Gasteiger partial charge in [0, 0.05) is 30.0 Å². The SMILES string of the molecule is Cc1ccc(-c2nc(C3CC3)nn2-c2ccccn2)cc1NC(=O)[C@H]1CCCO1. The molecule has 1 aliphatic carbocycles. The summed E-state index contributed by atoms with van der Waals surface area (Å²) in [4.78, 5) is 21.8. The van der Waals surface area contributed by atoms with Crippen molar-refractivity contribution in [2.45, 2.75) is 44.6 Å². The van der Waals surface area contributed by atoms with E-state index in [2.05, 4.69) is 10.3 Å². The Kier molecular flexibility index (Phi) is 4.60. The summed E-state index contributed by atoms with van der Waals surface area (Å²) in [6.07, 6.45) is 5.33. The molecule has 7 heteroatoms. The first kappa shape index (κ1) is 18.0. The number of anilines is 1. The van der Waals surface area contributed by atoms with Gasteiger partial charge in [0.25, 0.3) is 5.91 Å². The van der Waals surface area contributed by atoms with Crippen LogP contribution in [-0.2, 0) is 9.53 Å². The highest BCUT2D eigenvalue weighted by Gasteiger charge is 2.30. The van der Waals surface area contributed by atoms with Gasteiger partial charge in [-0.1, -0.05) is 18.2 Å². The molecule has 1 saturated heterocycles. The van der Waals surface area contributed by atoms with Crippen molar-refractivity contribution in [3.8, 4) is 17.2 Å². The van der Waals surface area contributed by atoms with E-state index in [0.29, 0.717) is 12.5 Å². The molecule has 1 amide bonds. The molecule has 1 atom stereocenters. The lowest BCUT2D eigenvalue weighted by Gasteiger charge is -2.14. The number of aromatic nitrogens is 4. The van der Waals surface area contributed by atoms with Crippen LogP contribution in [0.1, 0.15) is 43.0 Å². The fourth-order valence-electron chi connectivity index (χ4n) is 3.56. The van der Waals surface area contributed by atoms with E-state index < -0.39 is 0 Å². The molecule has 3 aromatic rings. The molecule has 1 N–H and O–H groups in total. The highest BCUT2D eigenvalue weighted by atomic mass is 16.5. The molecule has 2 aromatic heterocycles. The van der Waals surface area contributed by atoms with Crippen molar-refractivity contribution in [3.63, 3.8) is 0 Å². The Balaban J connectivity index is 1.51. The normalized spacial score (nSPS) is 18.7. The third-order valence-electron chi connectivity index (χ3n) is 5.41. The van der Waals surface area contributed by atoms with Gasteiger partial charge in [-0.2, -0.15) is 4.68 Å². The van der Waals surface area contributed by atoms with Crippen molar-refractivity contribution in [2.75, 3.05) is 11.9 Å². The molecule has 5 rings (SSSR count). The molecule has 0 radical (unpaired) electrons. The summed E-state index contributed by atoms with van der Waals surface area (Å²) in [7, 11) is 0. The minimum Gasteiger partial charge on any atom is -0.368 e. The van der Waals surface area contributed by atoms with Crippen molar-refractivity contribution in [1.29, 1.82) is 0 Å². The van der Waals surface area contributed by atoms with Crippen molar-refractivity contribution in [2.24, 2.45) is 0 Å². The second kappa shape index (κ2) is 7.40. The summed E-state index contributed by atoms with van der Waals surface area (Å²) < 4.78 is 7.30. The van der Waals surface area contributed by atoms with E-state index in [-0.39, 0.29) is 12.0 Å². The Morgan fingerprint density at radius 1 is 1.21 bits per heavy atom. The fraction of sp³-hybridized carbons (Fsp3) is 0.364. The first-order valence-corrected chi connectivity index (χ1v) is 10.1.